The number of nitrogens with zero attached hydrogens (tertiary/aromatic N) is 2. The van der Waals surface area contributed by atoms with Crippen molar-refractivity contribution in [2.75, 3.05) is 26.7 Å². The van der Waals surface area contributed by atoms with Crippen LogP contribution in [0, 0.1) is 6.92 Å². The van der Waals surface area contributed by atoms with Crippen molar-refractivity contribution in [3.63, 3.8) is 0 Å². The number of rotatable bonds is 2. The molecule has 3 heterocycles. The minimum atomic E-state index is 0.0693. The first kappa shape index (κ1) is 18.7. The second-order valence-corrected chi connectivity index (χ2v) is 7.42. The van der Waals surface area contributed by atoms with Gasteiger partial charge in [-0.05, 0) is 64.5 Å². The number of piperidine rings is 1. The van der Waals surface area contributed by atoms with Crippen LogP contribution in [0.1, 0.15) is 37.3 Å². The lowest BCUT2D eigenvalue weighted by Gasteiger charge is -2.27. The van der Waals surface area contributed by atoms with Crippen LogP contribution in [-0.2, 0) is 0 Å². The highest BCUT2D eigenvalue weighted by atomic mass is 16.3. The van der Waals surface area contributed by atoms with E-state index in [1.54, 1.807) is 0 Å². The molecule has 26 heavy (non-hydrogen) atoms. The third kappa shape index (κ3) is 4.37. The van der Waals surface area contributed by atoms with Crippen LogP contribution < -0.4 is 5.32 Å². The topological polar surface area (TPSA) is 38.7 Å². The molecule has 0 amide bonds. The Balaban J connectivity index is 0.000000236. The van der Waals surface area contributed by atoms with E-state index in [0.717, 1.165) is 11.3 Å². The molecule has 0 aromatic heterocycles. The Labute approximate surface area is 157 Å². The summed E-state index contributed by atoms with van der Waals surface area (Å²) in [4.78, 5) is 4.58. The van der Waals surface area contributed by atoms with Gasteiger partial charge in [0, 0.05) is 17.5 Å². The molecular weight excluding hydrogens is 322 g/mol. The summed E-state index contributed by atoms with van der Waals surface area (Å²) < 4.78 is 0. The fourth-order valence-electron chi connectivity index (χ4n) is 3.72. The Hall–Kier alpha value is -2.04. The summed E-state index contributed by atoms with van der Waals surface area (Å²) in [5.41, 5.74) is 5.73. The van der Waals surface area contributed by atoms with Gasteiger partial charge < -0.3 is 20.2 Å². The number of nitrogens with one attached hydrogen (secondary N) is 1. The molecule has 4 rings (SSSR count). The van der Waals surface area contributed by atoms with Gasteiger partial charge in [-0.3, -0.25) is 0 Å². The van der Waals surface area contributed by atoms with Crippen molar-refractivity contribution in [3.8, 4) is 0 Å². The average molecular weight is 354 g/mol. The lowest BCUT2D eigenvalue weighted by molar-refractivity contribution is 0.277. The van der Waals surface area contributed by atoms with Gasteiger partial charge in [0.15, 0.2) is 0 Å². The molecule has 140 valence electrons. The number of benzene rings is 1. The van der Waals surface area contributed by atoms with E-state index in [2.05, 4.69) is 66.4 Å². The van der Waals surface area contributed by atoms with Crippen LogP contribution in [0.3, 0.4) is 0 Å². The molecule has 4 nitrogen and oxygen atoms in total. The van der Waals surface area contributed by atoms with Crippen molar-refractivity contribution in [1.82, 2.24) is 15.1 Å². The predicted molar refractivity (Wildman–Crippen MR) is 108 cm³/mol. The van der Waals surface area contributed by atoms with Gasteiger partial charge in [0.25, 0.3) is 0 Å². The molecule has 1 fully saturated rings. The maximum Gasteiger partial charge on any atom is 0.123 e. The highest BCUT2D eigenvalue weighted by Crippen LogP contribution is 2.33. The van der Waals surface area contributed by atoms with Crippen LogP contribution in [0.15, 0.2) is 53.9 Å². The molecular formula is C22H31N3O. The molecule has 0 bridgehead atoms. The maximum absolute atomic E-state index is 9.30. The lowest BCUT2D eigenvalue weighted by atomic mass is 10.1. The summed E-state index contributed by atoms with van der Waals surface area (Å²) in [6.07, 6.45) is 10.5. The van der Waals surface area contributed by atoms with Crippen molar-refractivity contribution < 1.29 is 5.11 Å². The normalized spacial score (nSPS) is 22.4. The zero-order valence-corrected chi connectivity index (χ0v) is 16.2. The van der Waals surface area contributed by atoms with E-state index in [1.165, 1.54) is 49.2 Å². The van der Waals surface area contributed by atoms with E-state index in [4.69, 9.17) is 0 Å². The largest absolute Gasteiger partial charge is 0.392 e. The molecule has 1 unspecified atom stereocenters. The van der Waals surface area contributed by atoms with Gasteiger partial charge in [0.1, 0.15) is 6.17 Å². The Kier molecular flexibility index (Phi) is 6.17. The minimum Gasteiger partial charge on any atom is -0.392 e. The Morgan fingerprint density at radius 1 is 1.15 bits per heavy atom. The van der Waals surface area contributed by atoms with E-state index in [9.17, 15) is 5.11 Å². The van der Waals surface area contributed by atoms with Crippen LogP contribution in [0.25, 0.3) is 5.70 Å². The predicted octanol–water partition coefficient (Wildman–Crippen LogP) is 3.46. The van der Waals surface area contributed by atoms with Crippen molar-refractivity contribution in [2.45, 2.75) is 39.3 Å². The standard InChI is InChI=1S/C16H18N2O.C6H13N/c1-11-4-3-5-14(8-11)16-12(2)17-15-7-6-13(10-19)9-18(15)16;1-7-5-3-2-4-6-7/h3-9,15,17,19H,10H2,1-2H3;2-6H2,1H3. The Bertz CT molecular complexity index is 714. The molecule has 3 aliphatic heterocycles. The first-order valence-electron chi connectivity index (χ1n) is 9.59. The number of allylic oxidation sites excluding steroid dienone is 1. The van der Waals surface area contributed by atoms with E-state index in [0.29, 0.717) is 0 Å². The van der Waals surface area contributed by atoms with E-state index in [-0.39, 0.29) is 12.8 Å². The third-order valence-corrected chi connectivity index (χ3v) is 5.13. The third-order valence-electron chi connectivity index (χ3n) is 5.13. The van der Waals surface area contributed by atoms with Crippen molar-refractivity contribution in [3.05, 3.63) is 65.0 Å². The van der Waals surface area contributed by atoms with Crippen molar-refractivity contribution >= 4 is 5.70 Å². The number of aryl methyl sites for hydroxylation is 1. The Morgan fingerprint density at radius 2 is 1.92 bits per heavy atom. The molecule has 1 saturated heterocycles. The number of fused-ring (bicyclic) bond motifs is 1. The zero-order valence-electron chi connectivity index (χ0n) is 16.2. The number of hydrogen-bond acceptors (Lipinski definition) is 4. The maximum atomic E-state index is 9.30. The SMILES string of the molecule is CC1=C(c2cccc(C)c2)N2C=C(CO)C=CC2N1.CN1CCCCC1. The van der Waals surface area contributed by atoms with E-state index in [1.807, 2.05) is 12.3 Å². The summed E-state index contributed by atoms with van der Waals surface area (Å²) in [5.74, 6) is 0. The molecule has 4 heteroatoms. The molecule has 1 atom stereocenters. The summed E-state index contributed by atoms with van der Waals surface area (Å²) in [5, 5.41) is 12.8. The first-order chi connectivity index (χ1) is 12.6. The molecule has 0 spiro atoms. The van der Waals surface area contributed by atoms with Gasteiger partial charge in [-0.2, -0.15) is 0 Å². The zero-order chi connectivity index (χ0) is 18.5. The molecule has 2 N–H and O–H groups in total. The quantitative estimate of drug-likeness (QED) is 0.854. The monoisotopic (exact) mass is 353 g/mol. The van der Waals surface area contributed by atoms with Crippen LogP contribution in [0.4, 0.5) is 0 Å². The van der Waals surface area contributed by atoms with Crippen molar-refractivity contribution in [2.24, 2.45) is 0 Å². The van der Waals surface area contributed by atoms with Gasteiger partial charge in [0.05, 0.1) is 12.3 Å². The second-order valence-electron chi connectivity index (χ2n) is 7.42. The van der Waals surface area contributed by atoms with Gasteiger partial charge >= 0.3 is 0 Å². The van der Waals surface area contributed by atoms with Crippen LogP contribution in [-0.4, -0.2) is 47.8 Å². The fraction of sp³-hybridized carbons (Fsp3) is 0.455. The fourth-order valence-corrected chi connectivity index (χ4v) is 3.72. The van der Waals surface area contributed by atoms with Crippen LogP contribution >= 0.6 is 0 Å². The number of hydrogen-bond donors (Lipinski definition) is 2. The summed E-state index contributed by atoms with van der Waals surface area (Å²) in [6.45, 7) is 6.90. The van der Waals surface area contributed by atoms with Gasteiger partial charge in [-0.25, -0.2) is 0 Å². The van der Waals surface area contributed by atoms with Gasteiger partial charge in [-0.1, -0.05) is 36.3 Å². The Morgan fingerprint density at radius 3 is 2.54 bits per heavy atom. The molecule has 0 aliphatic carbocycles. The van der Waals surface area contributed by atoms with Gasteiger partial charge in [0.2, 0.25) is 0 Å². The molecule has 0 radical (unpaired) electrons. The number of aliphatic hydroxyl groups excluding tert-OH is 1. The first-order valence-corrected chi connectivity index (χ1v) is 9.59. The number of aliphatic hydroxyl groups is 1. The smallest absolute Gasteiger partial charge is 0.123 e. The second kappa shape index (κ2) is 8.56. The minimum absolute atomic E-state index is 0.0693. The van der Waals surface area contributed by atoms with Crippen molar-refractivity contribution in [1.29, 1.82) is 0 Å². The van der Waals surface area contributed by atoms with Gasteiger partial charge in [-0.15, -0.1) is 0 Å². The highest BCUT2D eigenvalue weighted by Gasteiger charge is 2.29. The highest BCUT2D eigenvalue weighted by molar-refractivity contribution is 5.71. The summed E-state index contributed by atoms with van der Waals surface area (Å²) >= 11 is 0. The average Bonchev–Trinajstić information content (AvgIpc) is 2.97. The molecule has 1 aromatic rings. The molecule has 0 saturated carbocycles. The van der Waals surface area contributed by atoms with Crippen LogP contribution in [0.2, 0.25) is 0 Å². The van der Waals surface area contributed by atoms with E-state index >= 15 is 0 Å². The molecule has 3 aliphatic rings. The van der Waals surface area contributed by atoms with Crippen LogP contribution in [0.5, 0.6) is 0 Å². The van der Waals surface area contributed by atoms with E-state index < -0.39 is 0 Å². The summed E-state index contributed by atoms with van der Waals surface area (Å²) in [7, 11) is 2.19. The molecule has 1 aromatic carbocycles. The lowest BCUT2D eigenvalue weighted by Crippen LogP contribution is -2.33. The summed E-state index contributed by atoms with van der Waals surface area (Å²) in [6, 6.07) is 8.49. The number of likely N-dealkylation sites (tertiary alicyclic amines) is 1.